The van der Waals surface area contributed by atoms with E-state index in [1.165, 1.54) is 24.7 Å². The lowest BCUT2D eigenvalue weighted by atomic mass is 10.1. The van der Waals surface area contributed by atoms with Gasteiger partial charge in [0.1, 0.15) is 36.8 Å². The van der Waals surface area contributed by atoms with Gasteiger partial charge >= 0.3 is 12.0 Å². The van der Waals surface area contributed by atoms with E-state index < -0.39 is 36.8 Å². The van der Waals surface area contributed by atoms with Crippen LogP contribution in [-0.4, -0.2) is 73.1 Å². The van der Waals surface area contributed by atoms with Gasteiger partial charge in [0.15, 0.2) is 29.5 Å². The zero-order chi connectivity index (χ0) is 30.5. The van der Waals surface area contributed by atoms with Crippen LogP contribution in [0.3, 0.4) is 0 Å². The van der Waals surface area contributed by atoms with Crippen molar-refractivity contribution in [3.8, 4) is 5.88 Å². The molecule has 14 heteroatoms. The first kappa shape index (κ1) is 29.4. The molecule has 0 bridgehead atoms. The van der Waals surface area contributed by atoms with Crippen LogP contribution in [-0.2, 0) is 14.2 Å². The second-order valence-electron chi connectivity index (χ2n) is 10.5. The van der Waals surface area contributed by atoms with Gasteiger partial charge in [-0.3, -0.25) is 9.88 Å². The van der Waals surface area contributed by atoms with Gasteiger partial charge in [-0.1, -0.05) is 56.5 Å². The van der Waals surface area contributed by atoms with Crippen LogP contribution in [0.25, 0.3) is 11.2 Å². The smallest absolute Gasteiger partial charge is 0.341 e. The number of carbonyl (C=O) groups is 2. The van der Waals surface area contributed by atoms with Crippen molar-refractivity contribution in [1.29, 1.82) is 0 Å². The van der Waals surface area contributed by atoms with Crippen molar-refractivity contribution in [2.45, 2.75) is 63.4 Å². The first-order valence-electron chi connectivity index (χ1n) is 14.6. The zero-order valence-corrected chi connectivity index (χ0v) is 24.0. The third-order valence-electron chi connectivity index (χ3n) is 7.49. The van der Waals surface area contributed by atoms with Gasteiger partial charge in [-0.05, 0) is 18.6 Å². The van der Waals surface area contributed by atoms with Crippen LogP contribution in [0.2, 0.25) is 0 Å². The largest absolute Gasteiger partial charge is 0.477 e. The summed E-state index contributed by atoms with van der Waals surface area (Å²) in [5, 5.41) is 15.2. The Kier molecular flexibility index (Phi) is 8.91. The summed E-state index contributed by atoms with van der Waals surface area (Å²) in [5.41, 5.74) is 1.58. The number of aromatic carboxylic acids is 1. The molecule has 0 aliphatic carbocycles. The highest BCUT2D eigenvalue weighted by atomic mass is 16.8. The maximum Gasteiger partial charge on any atom is 0.341 e. The lowest BCUT2D eigenvalue weighted by Crippen LogP contribution is -2.33. The maximum atomic E-state index is 12.5. The van der Waals surface area contributed by atoms with Crippen LogP contribution in [0.5, 0.6) is 5.88 Å². The number of hydrogen-bond acceptors (Lipinski definition) is 10. The van der Waals surface area contributed by atoms with Crippen molar-refractivity contribution in [2.24, 2.45) is 0 Å². The molecule has 2 fully saturated rings. The lowest BCUT2D eigenvalue weighted by Gasteiger charge is -2.21. The molecule has 2 aliphatic heterocycles. The molecular weight excluding hydrogens is 570 g/mol. The number of anilines is 1. The topological polar surface area (TPSA) is 172 Å². The summed E-state index contributed by atoms with van der Waals surface area (Å²) in [6, 6.07) is 12.1. The highest BCUT2D eigenvalue weighted by molar-refractivity contribution is 5.95. The second kappa shape index (κ2) is 13.3. The van der Waals surface area contributed by atoms with E-state index in [0.717, 1.165) is 31.2 Å². The molecule has 5 atom stereocenters. The minimum absolute atomic E-state index is 0.0256. The number of amides is 2. The van der Waals surface area contributed by atoms with Crippen molar-refractivity contribution < 1.29 is 33.6 Å². The Morgan fingerprint density at radius 3 is 2.64 bits per heavy atom. The van der Waals surface area contributed by atoms with E-state index in [9.17, 15) is 14.7 Å². The molecule has 0 saturated carbocycles. The first-order chi connectivity index (χ1) is 21.5. The summed E-state index contributed by atoms with van der Waals surface area (Å²) < 4.78 is 26.7. The fourth-order valence-electron chi connectivity index (χ4n) is 5.33. The minimum Gasteiger partial charge on any atom is -0.477 e. The van der Waals surface area contributed by atoms with Crippen LogP contribution in [0.15, 0.2) is 61.3 Å². The van der Waals surface area contributed by atoms with Crippen molar-refractivity contribution in [3.63, 3.8) is 0 Å². The third kappa shape index (κ3) is 6.18. The van der Waals surface area contributed by atoms with Gasteiger partial charge in [-0.25, -0.2) is 29.5 Å². The van der Waals surface area contributed by atoms with Crippen molar-refractivity contribution in [1.82, 2.24) is 29.8 Å². The highest BCUT2D eigenvalue weighted by Crippen LogP contribution is 2.45. The normalized spacial score (nSPS) is 22.5. The number of urea groups is 1. The molecule has 14 nitrogen and oxygen atoms in total. The van der Waals surface area contributed by atoms with Gasteiger partial charge in [-0.15, -0.1) is 0 Å². The molecule has 4 aromatic rings. The third-order valence-corrected chi connectivity index (χ3v) is 7.49. The molecule has 0 spiro atoms. The molecule has 3 aromatic heterocycles. The molecule has 2 aliphatic rings. The van der Waals surface area contributed by atoms with E-state index in [0.29, 0.717) is 17.7 Å². The summed E-state index contributed by atoms with van der Waals surface area (Å²) in [5.74, 6) is -0.918. The van der Waals surface area contributed by atoms with Crippen LogP contribution in [0, 0.1) is 0 Å². The molecule has 2 amide bonds. The minimum atomic E-state index is -1.15. The van der Waals surface area contributed by atoms with Crippen LogP contribution in [0.4, 0.5) is 10.6 Å². The number of carboxylic acid groups (broad SMARTS) is 1. The van der Waals surface area contributed by atoms with Crippen LogP contribution in [0.1, 0.15) is 61.0 Å². The molecule has 230 valence electrons. The molecule has 3 N–H and O–H groups in total. The Bertz CT molecular complexity index is 1600. The van der Waals surface area contributed by atoms with Crippen molar-refractivity contribution in [2.75, 3.05) is 18.5 Å². The Labute approximate surface area is 252 Å². The first-order valence-corrected chi connectivity index (χ1v) is 14.6. The van der Waals surface area contributed by atoms with E-state index in [-0.39, 0.29) is 29.9 Å². The SMILES string of the molecule is CCCCCCNC(=O)Nc1ncnc2c1ncn2C1OC(COc2ncccc2C(=O)O)C2OC(c3ccccc3)OC21. The molecule has 5 unspecified atom stereocenters. The summed E-state index contributed by atoms with van der Waals surface area (Å²) >= 11 is 0. The number of imidazole rings is 1. The quantitative estimate of drug-likeness (QED) is 0.199. The van der Waals surface area contributed by atoms with Crippen molar-refractivity contribution >= 4 is 29.0 Å². The molecule has 44 heavy (non-hydrogen) atoms. The molecular formula is C30H33N7O7. The summed E-state index contributed by atoms with van der Waals surface area (Å²) in [4.78, 5) is 41.4. The molecule has 6 rings (SSSR count). The Morgan fingerprint density at radius 1 is 0.977 bits per heavy atom. The fraction of sp³-hybridized carbons (Fsp3) is 0.400. The van der Waals surface area contributed by atoms with Gasteiger partial charge in [0.2, 0.25) is 5.88 Å². The number of aromatic nitrogens is 5. The maximum absolute atomic E-state index is 12.5. The Morgan fingerprint density at radius 2 is 1.82 bits per heavy atom. The number of nitrogens with zero attached hydrogens (tertiary/aromatic N) is 5. The van der Waals surface area contributed by atoms with Crippen LogP contribution < -0.4 is 15.4 Å². The van der Waals surface area contributed by atoms with Gasteiger partial charge in [0, 0.05) is 18.3 Å². The number of pyridine rings is 1. The second-order valence-corrected chi connectivity index (χ2v) is 10.5. The fourth-order valence-corrected chi connectivity index (χ4v) is 5.33. The summed E-state index contributed by atoms with van der Waals surface area (Å²) in [6.45, 7) is 2.65. The van der Waals surface area contributed by atoms with Gasteiger partial charge < -0.3 is 29.4 Å². The van der Waals surface area contributed by atoms with E-state index in [4.69, 9.17) is 18.9 Å². The number of fused-ring (bicyclic) bond motifs is 2. The number of hydrogen-bond donors (Lipinski definition) is 3. The summed E-state index contributed by atoms with van der Waals surface area (Å²) in [6.07, 6.45) is 5.33. The summed E-state index contributed by atoms with van der Waals surface area (Å²) in [7, 11) is 0. The number of ether oxygens (including phenoxy) is 4. The molecule has 5 heterocycles. The van der Waals surface area contributed by atoms with E-state index >= 15 is 0 Å². The average Bonchev–Trinajstić information content (AvgIpc) is 3.75. The molecule has 2 saturated heterocycles. The van der Waals surface area contributed by atoms with E-state index in [2.05, 4.69) is 37.5 Å². The number of rotatable bonds is 12. The average molecular weight is 604 g/mol. The van der Waals surface area contributed by atoms with Gasteiger partial charge in [0.05, 0.1) is 6.33 Å². The lowest BCUT2D eigenvalue weighted by molar-refractivity contribution is -0.152. The zero-order valence-electron chi connectivity index (χ0n) is 24.0. The van der Waals surface area contributed by atoms with Gasteiger partial charge in [0.25, 0.3) is 0 Å². The number of carbonyl (C=O) groups excluding carboxylic acids is 1. The Hall–Kier alpha value is -4.66. The highest BCUT2D eigenvalue weighted by Gasteiger charge is 2.54. The van der Waals surface area contributed by atoms with Crippen LogP contribution >= 0.6 is 0 Å². The number of nitrogens with one attached hydrogen (secondary N) is 2. The predicted molar refractivity (Wildman–Crippen MR) is 156 cm³/mol. The van der Waals surface area contributed by atoms with Gasteiger partial charge in [-0.2, -0.15) is 0 Å². The standard InChI is InChI=1S/C30H33N7O7/c1-2-3-4-8-13-32-30(40)36-24-21-25(34-16-33-24)37(17-35-21)27-23-22(43-29(44-23)18-10-6-5-7-11-18)20(42-27)15-41-26-19(28(38)39)12-9-14-31-26/h5-7,9-12,14,16-17,20,22-23,27,29H,2-4,8,13,15H2,1H3,(H,38,39)(H2,32,33,34,36,40). The monoisotopic (exact) mass is 603 g/mol. The number of benzene rings is 1. The Balaban J connectivity index is 1.23. The molecule has 1 aromatic carbocycles. The van der Waals surface area contributed by atoms with Crippen molar-refractivity contribution in [3.05, 3.63) is 72.4 Å². The predicted octanol–water partition coefficient (Wildman–Crippen LogP) is 4.08. The van der Waals surface area contributed by atoms with E-state index in [1.807, 2.05) is 30.3 Å². The number of unbranched alkanes of at least 4 members (excludes halogenated alkanes) is 3. The number of carboxylic acids is 1. The molecule has 0 radical (unpaired) electrons. The van der Waals surface area contributed by atoms with E-state index in [1.54, 1.807) is 10.9 Å².